The van der Waals surface area contributed by atoms with Crippen LogP contribution < -0.4 is 9.47 Å². The fourth-order valence-corrected chi connectivity index (χ4v) is 4.04. The van der Waals surface area contributed by atoms with Crippen molar-refractivity contribution in [2.24, 2.45) is 0 Å². The Morgan fingerprint density at radius 1 is 1.18 bits per heavy atom. The molecule has 2 aliphatic rings. The molecule has 5 nitrogen and oxygen atoms in total. The molecule has 2 heterocycles. The van der Waals surface area contributed by atoms with Crippen LogP contribution >= 0.6 is 0 Å². The van der Waals surface area contributed by atoms with E-state index in [0.717, 1.165) is 0 Å². The van der Waals surface area contributed by atoms with E-state index in [0.29, 0.717) is 48.1 Å². The first-order chi connectivity index (χ1) is 13.4. The Kier molecular flexibility index (Phi) is 4.61. The lowest BCUT2D eigenvalue weighted by Gasteiger charge is -2.34. The van der Waals surface area contributed by atoms with Crippen LogP contribution in [0.25, 0.3) is 0 Å². The number of carbonyl (C=O) groups excluding carboxylic acids is 2. The molecule has 0 saturated carbocycles. The molecular weight excluding hydrogens is 354 g/mol. The Morgan fingerprint density at radius 2 is 1.93 bits per heavy atom. The summed E-state index contributed by atoms with van der Waals surface area (Å²) in [6, 6.07) is 13.1. The summed E-state index contributed by atoms with van der Waals surface area (Å²) in [5.41, 5.74) is 1.81. The van der Waals surface area contributed by atoms with E-state index in [2.05, 4.69) is 13.8 Å². The van der Waals surface area contributed by atoms with Crippen molar-refractivity contribution in [1.29, 1.82) is 0 Å². The minimum Gasteiger partial charge on any atom is -0.497 e. The highest BCUT2D eigenvalue weighted by atomic mass is 16.5. The van der Waals surface area contributed by atoms with E-state index >= 15 is 0 Å². The summed E-state index contributed by atoms with van der Waals surface area (Å²) in [7, 11) is 1.57. The molecular formula is C23H25NO4. The number of nitrogens with zero attached hydrogens (tertiary/aromatic N) is 1. The third-order valence-corrected chi connectivity index (χ3v) is 5.72. The van der Waals surface area contributed by atoms with Crippen molar-refractivity contribution in [3.05, 3.63) is 59.2 Å². The molecule has 1 saturated heterocycles. The number of hydrogen-bond donors (Lipinski definition) is 0. The van der Waals surface area contributed by atoms with E-state index in [9.17, 15) is 9.59 Å². The van der Waals surface area contributed by atoms with Gasteiger partial charge >= 0.3 is 0 Å². The Bertz CT molecular complexity index is 919. The van der Waals surface area contributed by atoms with E-state index in [4.69, 9.17) is 9.47 Å². The number of amides is 1. The number of ketones is 1. The minimum absolute atomic E-state index is 0.0104. The van der Waals surface area contributed by atoms with Gasteiger partial charge < -0.3 is 14.4 Å². The maximum atomic E-state index is 12.9. The molecule has 1 atom stereocenters. The number of fused-ring (bicyclic) bond motifs is 1. The van der Waals surface area contributed by atoms with E-state index in [1.54, 1.807) is 30.2 Å². The van der Waals surface area contributed by atoms with Crippen molar-refractivity contribution in [2.45, 2.75) is 38.2 Å². The van der Waals surface area contributed by atoms with Crippen LogP contribution in [0.3, 0.4) is 0 Å². The summed E-state index contributed by atoms with van der Waals surface area (Å²) in [6.45, 7) is 5.27. The predicted molar refractivity (Wildman–Crippen MR) is 106 cm³/mol. The highest BCUT2D eigenvalue weighted by molar-refractivity contribution is 6.01. The summed E-state index contributed by atoms with van der Waals surface area (Å²) in [5, 5.41) is 0. The lowest BCUT2D eigenvalue weighted by atomic mass is 9.89. The summed E-state index contributed by atoms with van der Waals surface area (Å²) >= 11 is 0. The highest BCUT2D eigenvalue weighted by Crippen LogP contribution is 2.40. The molecule has 2 aromatic carbocycles. The zero-order valence-electron chi connectivity index (χ0n) is 16.5. The number of ether oxygens (including phenoxy) is 2. The zero-order valence-corrected chi connectivity index (χ0v) is 16.5. The molecule has 0 radical (unpaired) electrons. The van der Waals surface area contributed by atoms with Crippen LogP contribution in [0.1, 0.15) is 58.9 Å². The Balaban J connectivity index is 1.51. The fourth-order valence-electron chi connectivity index (χ4n) is 4.04. The number of rotatable bonds is 3. The molecule has 28 heavy (non-hydrogen) atoms. The Hall–Kier alpha value is -2.82. The van der Waals surface area contributed by atoms with Crippen LogP contribution in [0, 0.1) is 0 Å². The first-order valence-electron chi connectivity index (χ1n) is 9.70. The Labute approximate surface area is 165 Å². The summed E-state index contributed by atoms with van der Waals surface area (Å²) < 4.78 is 11.5. The van der Waals surface area contributed by atoms with Gasteiger partial charge in [-0.05, 0) is 41.8 Å². The van der Waals surface area contributed by atoms with Gasteiger partial charge in [0.25, 0.3) is 5.91 Å². The van der Waals surface area contributed by atoms with Crippen molar-refractivity contribution in [3.63, 3.8) is 0 Å². The normalized spacial score (nSPS) is 21.0. The average molecular weight is 379 g/mol. The number of methoxy groups -OCH3 is 1. The molecule has 2 aromatic rings. The van der Waals surface area contributed by atoms with Crippen molar-refractivity contribution in [2.75, 3.05) is 20.2 Å². The summed E-state index contributed by atoms with van der Waals surface area (Å²) in [6.07, 6.45) is 0.934. The lowest BCUT2D eigenvalue weighted by molar-refractivity contribution is 0.0427. The molecule has 0 N–H and O–H groups in total. The smallest absolute Gasteiger partial charge is 0.253 e. The maximum absolute atomic E-state index is 12.9. The van der Waals surface area contributed by atoms with Gasteiger partial charge in [0.2, 0.25) is 0 Å². The average Bonchev–Trinajstić information content (AvgIpc) is 3.10. The SMILES string of the molecule is COc1ccc2c(c1)C(=O)CC1(CCN(C(=O)c3ccc(C(C)C)cc3)C1)O2. The number of hydrogen-bond acceptors (Lipinski definition) is 4. The minimum atomic E-state index is -0.633. The van der Waals surface area contributed by atoms with E-state index in [1.807, 2.05) is 24.3 Å². The molecule has 1 amide bonds. The molecule has 0 aromatic heterocycles. The summed E-state index contributed by atoms with van der Waals surface area (Å²) in [4.78, 5) is 27.5. The van der Waals surface area contributed by atoms with Gasteiger partial charge in [0.15, 0.2) is 5.78 Å². The van der Waals surface area contributed by atoms with Gasteiger partial charge in [-0.2, -0.15) is 0 Å². The number of Topliss-reactive ketones (excluding diaryl/α,β-unsaturated/α-hetero) is 1. The maximum Gasteiger partial charge on any atom is 0.253 e. The zero-order chi connectivity index (χ0) is 19.9. The number of likely N-dealkylation sites (tertiary alicyclic amines) is 1. The van der Waals surface area contributed by atoms with Crippen molar-refractivity contribution < 1.29 is 19.1 Å². The van der Waals surface area contributed by atoms with E-state index < -0.39 is 5.60 Å². The number of carbonyl (C=O) groups is 2. The lowest BCUT2D eigenvalue weighted by Crippen LogP contribution is -2.45. The largest absolute Gasteiger partial charge is 0.497 e. The van der Waals surface area contributed by atoms with Crippen LogP contribution in [-0.4, -0.2) is 42.4 Å². The molecule has 146 valence electrons. The molecule has 0 bridgehead atoms. The monoisotopic (exact) mass is 379 g/mol. The van der Waals surface area contributed by atoms with Crippen LogP contribution in [0.2, 0.25) is 0 Å². The third-order valence-electron chi connectivity index (χ3n) is 5.72. The second-order valence-electron chi connectivity index (χ2n) is 8.00. The first-order valence-corrected chi connectivity index (χ1v) is 9.70. The molecule has 1 spiro atoms. The van der Waals surface area contributed by atoms with Crippen LogP contribution in [0.5, 0.6) is 11.5 Å². The second kappa shape index (κ2) is 6.97. The summed E-state index contributed by atoms with van der Waals surface area (Å²) in [5.74, 6) is 1.67. The van der Waals surface area contributed by atoms with Gasteiger partial charge in [0, 0.05) is 18.5 Å². The van der Waals surface area contributed by atoms with Crippen LogP contribution in [0.4, 0.5) is 0 Å². The number of benzene rings is 2. The highest BCUT2D eigenvalue weighted by Gasteiger charge is 2.47. The molecule has 4 rings (SSSR count). The van der Waals surface area contributed by atoms with Crippen LogP contribution in [0.15, 0.2) is 42.5 Å². The van der Waals surface area contributed by atoms with Gasteiger partial charge in [-0.1, -0.05) is 26.0 Å². The van der Waals surface area contributed by atoms with Gasteiger partial charge in [-0.3, -0.25) is 9.59 Å². The topological polar surface area (TPSA) is 55.8 Å². The van der Waals surface area contributed by atoms with Gasteiger partial charge in [0.1, 0.15) is 17.1 Å². The first kappa shape index (κ1) is 18.5. The van der Waals surface area contributed by atoms with Crippen molar-refractivity contribution in [3.8, 4) is 11.5 Å². The molecule has 2 aliphatic heterocycles. The van der Waals surface area contributed by atoms with Gasteiger partial charge in [-0.25, -0.2) is 0 Å². The fraction of sp³-hybridized carbons (Fsp3) is 0.391. The van der Waals surface area contributed by atoms with E-state index in [-0.39, 0.29) is 18.1 Å². The second-order valence-corrected chi connectivity index (χ2v) is 8.00. The molecule has 0 aliphatic carbocycles. The molecule has 1 fully saturated rings. The molecule has 5 heteroatoms. The quantitative estimate of drug-likeness (QED) is 0.807. The molecule has 1 unspecified atom stereocenters. The van der Waals surface area contributed by atoms with Gasteiger partial charge in [0.05, 0.1) is 25.6 Å². The van der Waals surface area contributed by atoms with E-state index in [1.165, 1.54) is 5.56 Å². The third kappa shape index (κ3) is 3.26. The van der Waals surface area contributed by atoms with Crippen LogP contribution in [-0.2, 0) is 0 Å². The predicted octanol–water partition coefficient (Wildman–Crippen LogP) is 4.07. The Morgan fingerprint density at radius 3 is 2.61 bits per heavy atom. The standard InChI is InChI=1S/C23H25NO4/c1-15(2)16-4-6-17(7-5-16)22(26)24-11-10-23(14-24)13-20(25)19-12-18(27-3)8-9-21(19)28-23/h4-9,12,15H,10-11,13-14H2,1-3H3. The van der Waals surface area contributed by atoms with Crippen molar-refractivity contribution in [1.82, 2.24) is 4.90 Å². The van der Waals surface area contributed by atoms with Gasteiger partial charge in [-0.15, -0.1) is 0 Å². The van der Waals surface area contributed by atoms with Crippen molar-refractivity contribution >= 4 is 11.7 Å².